The van der Waals surface area contributed by atoms with Gasteiger partial charge in [-0.15, -0.1) is 0 Å². The van der Waals surface area contributed by atoms with Crippen molar-refractivity contribution >= 4 is 17.7 Å². The lowest BCUT2D eigenvalue weighted by atomic mass is 9.74. The number of hydrogen-bond donors (Lipinski definition) is 5. The molecule has 0 aromatic heterocycles. The topological polar surface area (TPSA) is 148 Å². The van der Waals surface area contributed by atoms with Gasteiger partial charge in [0, 0.05) is 11.5 Å². The van der Waals surface area contributed by atoms with Crippen molar-refractivity contribution in [1.29, 1.82) is 0 Å². The van der Waals surface area contributed by atoms with E-state index in [-0.39, 0.29) is 29.7 Å². The predicted molar refractivity (Wildman–Crippen MR) is 128 cm³/mol. The molecule has 1 saturated carbocycles. The summed E-state index contributed by atoms with van der Waals surface area (Å²) in [6.45, 7) is 5.87. The molecule has 0 heterocycles. The molecule has 184 valence electrons. The minimum Gasteiger partial charge on any atom is -0.391 e. The second-order valence-corrected chi connectivity index (χ2v) is 10.3. The fraction of sp³-hybridized carbons (Fsp3) is 0.640. The van der Waals surface area contributed by atoms with Crippen molar-refractivity contribution < 1.29 is 19.5 Å². The van der Waals surface area contributed by atoms with Crippen LogP contribution in [0.4, 0.5) is 0 Å². The third-order valence-electron chi connectivity index (χ3n) is 6.14. The van der Waals surface area contributed by atoms with Gasteiger partial charge in [0.25, 0.3) is 0 Å². The van der Waals surface area contributed by atoms with E-state index >= 15 is 0 Å². The van der Waals surface area contributed by atoms with Gasteiger partial charge < -0.3 is 27.2 Å². The zero-order chi connectivity index (χ0) is 24.6. The van der Waals surface area contributed by atoms with Gasteiger partial charge in [-0.3, -0.25) is 14.4 Å². The summed E-state index contributed by atoms with van der Waals surface area (Å²) in [6.07, 6.45) is 3.30. The molecule has 1 aliphatic rings. The maximum atomic E-state index is 12.9. The maximum Gasteiger partial charge on any atom is 0.237 e. The van der Waals surface area contributed by atoms with Gasteiger partial charge in [-0.05, 0) is 57.9 Å². The van der Waals surface area contributed by atoms with Crippen LogP contribution in [0.3, 0.4) is 0 Å². The number of nitrogens with two attached hydrogens (primary N) is 2. The molecule has 33 heavy (non-hydrogen) atoms. The molecule has 5 atom stereocenters. The standard InChI is InChI=1S/C25H40N4O4/c1-25(2,3)29-23(32)18-12-8-7-11-17(18)14-21(30)20(13-16-9-5-4-6-10-16)28-24(33)19(26)15-22(27)31/h4-6,9-10,17-21,30H,7-8,11-15,26H2,1-3H3,(H2,27,31)(H,28,33)(H,29,32)/t17-,18+,19-,20-,21+/m0/s1. The predicted octanol–water partition coefficient (Wildman–Crippen LogP) is 1.39. The van der Waals surface area contributed by atoms with Gasteiger partial charge in [0.2, 0.25) is 17.7 Å². The lowest BCUT2D eigenvalue weighted by Gasteiger charge is -2.36. The Labute approximate surface area is 196 Å². The third kappa shape index (κ3) is 9.14. The van der Waals surface area contributed by atoms with E-state index in [0.29, 0.717) is 12.8 Å². The average molecular weight is 461 g/mol. The third-order valence-corrected chi connectivity index (χ3v) is 6.14. The van der Waals surface area contributed by atoms with Crippen LogP contribution in [-0.4, -0.2) is 46.6 Å². The monoisotopic (exact) mass is 460 g/mol. The highest BCUT2D eigenvalue weighted by Crippen LogP contribution is 2.34. The molecule has 7 N–H and O–H groups in total. The number of amides is 3. The summed E-state index contributed by atoms with van der Waals surface area (Å²) in [7, 11) is 0. The molecule has 0 saturated heterocycles. The lowest BCUT2D eigenvalue weighted by Crippen LogP contribution is -2.52. The van der Waals surface area contributed by atoms with Gasteiger partial charge in [-0.25, -0.2) is 0 Å². The number of benzene rings is 1. The van der Waals surface area contributed by atoms with Crippen LogP contribution in [0.25, 0.3) is 0 Å². The largest absolute Gasteiger partial charge is 0.391 e. The van der Waals surface area contributed by atoms with Gasteiger partial charge in [-0.2, -0.15) is 0 Å². The van der Waals surface area contributed by atoms with Gasteiger partial charge in [0.15, 0.2) is 0 Å². The highest BCUT2D eigenvalue weighted by atomic mass is 16.3. The van der Waals surface area contributed by atoms with Crippen LogP contribution in [0, 0.1) is 11.8 Å². The second-order valence-electron chi connectivity index (χ2n) is 10.3. The number of nitrogens with one attached hydrogen (secondary N) is 2. The van der Waals surface area contributed by atoms with Crippen molar-refractivity contribution in [2.75, 3.05) is 0 Å². The zero-order valence-corrected chi connectivity index (χ0v) is 20.0. The molecule has 1 aliphatic carbocycles. The van der Waals surface area contributed by atoms with Crippen molar-refractivity contribution in [2.24, 2.45) is 23.3 Å². The van der Waals surface area contributed by atoms with Crippen LogP contribution >= 0.6 is 0 Å². The molecule has 1 fully saturated rings. The Morgan fingerprint density at radius 1 is 1.12 bits per heavy atom. The van der Waals surface area contributed by atoms with E-state index in [9.17, 15) is 19.5 Å². The van der Waals surface area contributed by atoms with E-state index in [4.69, 9.17) is 11.5 Å². The van der Waals surface area contributed by atoms with Gasteiger partial charge in [-0.1, -0.05) is 43.2 Å². The summed E-state index contributed by atoms with van der Waals surface area (Å²) in [6, 6.07) is 7.86. The molecule has 0 radical (unpaired) electrons. The summed E-state index contributed by atoms with van der Waals surface area (Å²) in [5, 5.41) is 17.1. The van der Waals surface area contributed by atoms with Crippen LogP contribution in [0.1, 0.15) is 64.9 Å². The van der Waals surface area contributed by atoms with E-state index in [0.717, 1.165) is 31.2 Å². The first-order valence-electron chi connectivity index (χ1n) is 11.8. The summed E-state index contributed by atoms with van der Waals surface area (Å²) in [5.41, 5.74) is 11.6. The Kier molecular flexibility index (Phi) is 9.86. The molecular formula is C25H40N4O4. The van der Waals surface area contributed by atoms with E-state index in [2.05, 4.69) is 10.6 Å². The fourth-order valence-electron chi connectivity index (χ4n) is 4.52. The summed E-state index contributed by atoms with van der Waals surface area (Å²) < 4.78 is 0. The van der Waals surface area contributed by atoms with Crippen LogP contribution < -0.4 is 22.1 Å². The highest BCUT2D eigenvalue weighted by Gasteiger charge is 2.36. The lowest BCUT2D eigenvalue weighted by molar-refractivity contribution is -0.130. The van der Waals surface area contributed by atoms with Crippen LogP contribution in [0.2, 0.25) is 0 Å². The van der Waals surface area contributed by atoms with Gasteiger partial charge >= 0.3 is 0 Å². The smallest absolute Gasteiger partial charge is 0.237 e. The first-order chi connectivity index (χ1) is 15.5. The van der Waals surface area contributed by atoms with E-state index in [1.54, 1.807) is 0 Å². The number of hydrogen-bond acceptors (Lipinski definition) is 5. The molecule has 0 aliphatic heterocycles. The van der Waals surface area contributed by atoms with Crippen molar-refractivity contribution in [3.8, 4) is 0 Å². The Morgan fingerprint density at radius 3 is 2.36 bits per heavy atom. The van der Waals surface area contributed by atoms with Crippen LogP contribution in [0.15, 0.2) is 30.3 Å². The molecule has 1 aromatic rings. The van der Waals surface area contributed by atoms with Gasteiger partial charge in [0.1, 0.15) is 0 Å². The molecule has 8 heteroatoms. The Morgan fingerprint density at radius 2 is 1.76 bits per heavy atom. The molecule has 3 amide bonds. The molecule has 2 rings (SSSR count). The Bertz CT molecular complexity index is 793. The number of carbonyl (C=O) groups excluding carboxylic acids is 3. The Hall–Kier alpha value is -2.45. The number of rotatable bonds is 10. The first kappa shape index (κ1) is 26.8. The molecular weight excluding hydrogens is 420 g/mol. The number of carbonyl (C=O) groups is 3. The first-order valence-corrected chi connectivity index (χ1v) is 11.8. The van der Waals surface area contributed by atoms with E-state index in [1.165, 1.54) is 0 Å². The van der Waals surface area contributed by atoms with Crippen molar-refractivity contribution in [3.63, 3.8) is 0 Å². The minimum absolute atomic E-state index is 0.0190. The fourth-order valence-corrected chi connectivity index (χ4v) is 4.52. The maximum absolute atomic E-state index is 12.9. The summed E-state index contributed by atoms with van der Waals surface area (Å²) in [5.74, 6) is -1.32. The highest BCUT2D eigenvalue weighted by molar-refractivity contribution is 5.87. The van der Waals surface area contributed by atoms with Crippen molar-refractivity contribution in [3.05, 3.63) is 35.9 Å². The molecule has 1 aromatic carbocycles. The molecule has 0 spiro atoms. The molecule has 0 unspecified atom stereocenters. The molecule has 8 nitrogen and oxygen atoms in total. The number of aliphatic hydroxyl groups excluding tert-OH is 1. The minimum atomic E-state index is -1.08. The molecule has 0 bridgehead atoms. The average Bonchev–Trinajstić information content (AvgIpc) is 2.72. The van der Waals surface area contributed by atoms with Crippen molar-refractivity contribution in [2.45, 2.75) is 89.4 Å². The second kappa shape index (κ2) is 12.1. The SMILES string of the molecule is CC(C)(C)NC(=O)[C@@H]1CCCC[C@H]1C[C@@H](O)[C@H](Cc1ccccc1)NC(=O)[C@@H](N)CC(N)=O. The number of aliphatic hydroxyl groups is 1. The summed E-state index contributed by atoms with van der Waals surface area (Å²) >= 11 is 0. The van der Waals surface area contributed by atoms with E-state index in [1.807, 2.05) is 51.1 Å². The van der Waals surface area contributed by atoms with Crippen LogP contribution in [-0.2, 0) is 20.8 Å². The van der Waals surface area contributed by atoms with Crippen LogP contribution in [0.5, 0.6) is 0 Å². The van der Waals surface area contributed by atoms with E-state index < -0.39 is 30.0 Å². The zero-order valence-electron chi connectivity index (χ0n) is 20.0. The van der Waals surface area contributed by atoms with Gasteiger partial charge in [0.05, 0.1) is 24.6 Å². The Balaban J connectivity index is 2.14. The quantitative estimate of drug-likeness (QED) is 0.358. The number of primary amides is 1. The summed E-state index contributed by atoms with van der Waals surface area (Å²) in [4.78, 5) is 36.7. The van der Waals surface area contributed by atoms with Crippen molar-refractivity contribution in [1.82, 2.24) is 10.6 Å². The normalized spacial score (nSPS) is 21.5.